The highest BCUT2D eigenvalue weighted by atomic mass is 32.2. The van der Waals surface area contributed by atoms with Gasteiger partial charge in [-0.05, 0) is 39.1 Å². The third-order valence-electron chi connectivity index (χ3n) is 4.69. The van der Waals surface area contributed by atoms with Crippen molar-refractivity contribution in [3.8, 4) is 0 Å². The minimum atomic E-state index is -0.251. The molecule has 0 saturated heterocycles. The van der Waals surface area contributed by atoms with E-state index in [-0.39, 0.29) is 17.6 Å². The summed E-state index contributed by atoms with van der Waals surface area (Å²) in [6.45, 7) is 1.48. The van der Waals surface area contributed by atoms with Gasteiger partial charge in [-0.15, -0.1) is 0 Å². The van der Waals surface area contributed by atoms with Crippen molar-refractivity contribution >= 4 is 11.8 Å². The van der Waals surface area contributed by atoms with Crippen molar-refractivity contribution in [1.82, 2.24) is 15.5 Å². The Morgan fingerprint density at radius 3 is 2.63 bits per heavy atom. The van der Waals surface area contributed by atoms with Gasteiger partial charge in [-0.25, -0.2) is 0 Å². The van der Waals surface area contributed by atoms with Crippen LogP contribution >= 0.6 is 11.8 Å². The molecule has 1 fully saturated rings. The zero-order chi connectivity index (χ0) is 19.5. The molecule has 2 rings (SSSR count). The van der Waals surface area contributed by atoms with E-state index in [0.29, 0.717) is 6.04 Å². The van der Waals surface area contributed by atoms with Crippen LogP contribution in [0.25, 0.3) is 0 Å². The van der Waals surface area contributed by atoms with Gasteiger partial charge < -0.3 is 9.32 Å². The largest absolute Gasteiger partial charge is 0.464 e. The summed E-state index contributed by atoms with van der Waals surface area (Å²) in [5, 5.41) is 17.8. The maximum atomic E-state index is 11.0. The fourth-order valence-corrected chi connectivity index (χ4v) is 4.19. The van der Waals surface area contributed by atoms with Crippen LogP contribution in [-0.2, 0) is 12.3 Å². The first-order valence-electron chi connectivity index (χ1n) is 9.94. The predicted molar refractivity (Wildman–Crippen MR) is 111 cm³/mol. The molecule has 1 aliphatic rings. The van der Waals surface area contributed by atoms with Crippen LogP contribution in [0.4, 0.5) is 0 Å². The number of nitrogens with one attached hydrogen (secondary N) is 2. The quantitative estimate of drug-likeness (QED) is 0.184. The monoisotopic (exact) mass is 398 g/mol. The summed E-state index contributed by atoms with van der Waals surface area (Å²) >= 11 is 1.78. The van der Waals surface area contributed by atoms with Gasteiger partial charge in [0, 0.05) is 23.3 Å². The van der Waals surface area contributed by atoms with E-state index >= 15 is 0 Å². The zero-order valence-corrected chi connectivity index (χ0v) is 17.4. The molecule has 1 saturated carbocycles. The third kappa shape index (κ3) is 9.60. The van der Waals surface area contributed by atoms with Gasteiger partial charge in [0.1, 0.15) is 17.7 Å². The molecule has 27 heavy (non-hydrogen) atoms. The highest BCUT2D eigenvalue weighted by Gasteiger charge is 2.20. The molecule has 0 aliphatic heterocycles. The van der Waals surface area contributed by atoms with Crippen LogP contribution in [0.5, 0.6) is 0 Å². The van der Waals surface area contributed by atoms with E-state index in [1.165, 1.54) is 25.7 Å². The van der Waals surface area contributed by atoms with Crippen LogP contribution < -0.4 is 10.6 Å². The van der Waals surface area contributed by atoms with E-state index < -0.39 is 0 Å². The number of hydrogen-bond donors (Lipinski definition) is 2. The lowest BCUT2D eigenvalue weighted by Crippen LogP contribution is -2.51. The van der Waals surface area contributed by atoms with E-state index in [4.69, 9.17) is 4.42 Å². The van der Waals surface area contributed by atoms with Crippen molar-refractivity contribution in [1.29, 1.82) is 0 Å². The number of furan rings is 1. The minimum absolute atomic E-state index is 0.0761. The van der Waals surface area contributed by atoms with Crippen molar-refractivity contribution in [2.24, 2.45) is 0 Å². The average Bonchev–Trinajstić information content (AvgIpc) is 2.87. The summed E-state index contributed by atoms with van der Waals surface area (Å²) in [6.07, 6.45) is 7.00. The van der Waals surface area contributed by atoms with Gasteiger partial charge in [0.05, 0.1) is 12.3 Å². The molecule has 0 amide bonds. The highest BCUT2D eigenvalue weighted by Crippen LogP contribution is 2.18. The number of nitrogens with zero attached hydrogens (tertiary/aromatic N) is 2. The van der Waals surface area contributed by atoms with E-state index in [0.717, 1.165) is 49.0 Å². The lowest BCUT2D eigenvalue weighted by atomic mass is 10.1. The second-order valence-corrected chi connectivity index (χ2v) is 8.64. The fourth-order valence-electron chi connectivity index (χ4n) is 3.43. The molecule has 0 bridgehead atoms. The number of rotatable bonds is 12. The summed E-state index contributed by atoms with van der Waals surface area (Å²) in [5.41, 5.74) is 0. The summed E-state index contributed by atoms with van der Waals surface area (Å²) in [5.74, 6) is 3.68. The summed E-state index contributed by atoms with van der Waals surface area (Å²) in [4.78, 5) is 12.8. The molecule has 0 spiro atoms. The Kier molecular flexibility index (Phi) is 10.2. The van der Waals surface area contributed by atoms with Crippen LogP contribution in [0.2, 0.25) is 0 Å². The normalized spacial score (nSPS) is 17.1. The summed E-state index contributed by atoms with van der Waals surface area (Å²) in [7, 11) is 4.04. The van der Waals surface area contributed by atoms with Crippen molar-refractivity contribution in [2.75, 3.05) is 32.9 Å². The molecule has 1 aromatic heterocycles. The van der Waals surface area contributed by atoms with Crippen molar-refractivity contribution in [3.63, 3.8) is 0 Å². The summed E-state index contributed by atoms with van der Waals surface area (Å²) in [6, 6.07) is 4.45. The maximum Gasteiger partial charge on any atom is 0.231 e. The second-order valence-electron chi connectivity index (χ2n) is 7.54. The van der Waals surface area contributed by atoms with Gasteiger partial charge in [-0.3, -0.25) is 20.7 Å². The van der Waals surface area contributed by atoms with E-state index in [9.17, 15) is 10.1 Å². The predicted octanol–water partition coefficient (Wildman–Crippen LogP) is 3.08. The summed E-state index contributed by atoms with van der Waals surface area (Å²) < 4.78 is 5.80. The molecule has 2 N–H and O–H groups in total. The van der Waals surface area contributed by atoms with Gasteiger partial charge in [0.2, 0.25) is 6.54 Å². The molecule has 1 aliphatic carbocycles. The molecular formula is C19H34N4O3S. The molecule has 1 unspecified atom stereocenters. The minimum Gasteiger partial charge on any atom is -0.464 e. The van der Waals surface area contributed by atoms with Crippen molar-refractivity contribution in [2.45, 2.75) is 63.0 Å². The first kappa shape index (κ1) is 22.2. The van der Waals surface area contributed by atoms with E-state index in [2.05, 4.69) is 15.5 Å². The second kappa shape index (κ2) is 12.4. The van der Waals surface area contributed by atoms with Gasteiger partial charge in [0.15, 0.2) is 0 Å². The van der Waals surface area contributed by atoms with Gasteiger partial charge in [-0.2, -0.15) is 11.8 Å². The maximum absolute atomic E-state index is 11.0. The molecule has 7 nitrogen and oxygen atoms in total. The average molecular weight is 399 g/mol. The van der Waals surface area contributed by atoms with Crippen LogP contribution in [0.15, 0.2) is 16.5 Å². The van der Waals surface area contributed by atoms with Gasteiger partial charge in [0.25, 0.3) is 0 Å². The number of nitro groups is 1. The number of hydrogen-bond acceptors (Lipinski definition) is 7. The Morgan fingerprint density at radius 2 is 1.96 bits per heavy atom. The Hall–Kier alpha value is -1.09. The topological polar surface area (TPSA) is 83.6 Å². The van der Waals surface area contributed by atoms with E-state index in [1.54, 1.807) is 11.8 Å². The van der Waals surface area contributed by atoms with Crippen LogP contribution in [0, 0.1) is 10.1 Å². The zero-order valence-electron chi connectivity index (χ0n) is 16.6. The number of thioether (sulfide) groups is 1. The Labute approximate surface area is 166 Å². The molecule has 1 heterocycles. The lowest BCUT2D eigenvalue weighted by molar-refractivity contribution is -0.484. The molecule has 8 heteroatoms. The Bertz CT molecular complexity index is 545. The molecule has 0 aromatic carbocycles. The van der Waals surface area contributed by atoms with Crippen molar-refractivity contribution in [3.05, 3.63) is 33.8 Å². The molecular weight excluding hydrogens is 364 g/mol. The van der Waals surface area contributed by atoms with Crippen LogP contribution in [-0.4, -0.2) is 55.0 Å². The standard InChI is InChI=1S/C19H34N4O3S/c1-22(2)13-17-9-10-18(26-17)15-27-12-11-20-19(14-23(24)25)21-16-7-5-3-4-6-8-16/h9-10,16,19-21H,3-8,11-15H2,1-2H3. The Morgan fingerprint density at radius 1 is 1.26 bits per heavy atom. The highest BCUT2D eigenvalue weighted by molar-refractivity contribution is 7.98. The molecule has 154 valence electrons. The van der Waals surface area contributed by atoms with Crippen LogP contribution in [0.3, 0.4) is 0 Å². The Balaban J connectivity index is 1.66. The fraction of sp³-hybridized carbons (Fsp3) is 0.789. The first-order valence-corrected chi connectivity index (χ1v) is 11.1. The van der Waals surface area contributed by atoms with Crippen molar-refractivity contribution < 1.29 is 9.34 Å². The molecule has 0 radical (unpaired) electrons. The third-order valence-corrected chi connectivity index (χ3v) is 5.68. The first-order chi connectivity index (χ1) is 13.0. The molecule has 1 aromatic rings. The van der Waals surface area contributed by atoms with Crippen LogP contribution in [0.1, 0.15) is 50.0 Å². The molecule has 1 atom stereocenters. The van der Waals surface area contributed by atoms with Gasteiger partial charge >= 0.3 is 0 Å². The van der Waals surface area contributed by atoms with E-state index in [1.807, 2.05) is 26.2 Å². The SMILES string of the molecule is CN(C)Cc1ccc(CSCCNC(C[N+](=O)[O-])NC2CCCCCC2)o1. The van der Waals surface area contributed by atoms with Gasteiger partial charge in [-0.1, -0.05) is 25.7 Å². The smallest absolute Gasteiger partial charge is 0.231 e. The lowest BCUT2D eigenvalue weighted by Gasteiger charge is -2.23.